The van der Waals surface area contributed by atoms with Crippen LogP contribution in [0.3, 0.4) is 0 Å². The van der Waals surface area contributed by atoms with Gasteiger partial charge in [0.05, 0.1) is 24.3 Å². The predicted molar refractivity (Wildman–Crippen MR) is 66.1 cm³/mol. The molecule has 1 heterocycles. The van der Waals surface area contributed by atoms with E-state index in [4.69, 9.17) is 5.73 Å². The van der Waals surface area contributed by atoms with E-state index in [0.717, 1.165) is 24.1 Å². The minimum Gasteiger partial charge on any atom is -0.344 e. The van der Waals surface area contributed by atoms with E-state index in [1.807, 2.05) is 13.2 Å². The van der Waals surface area contributed by atoms with Crippen LogP contribution in [0.1, 0.15) is 24.6 Å². The van der Waals surface area contributed by atoms with Crippen molar-refractivity contribution in [3.05, 3.63) is 17.5 Å². The van der Waals surface area contributed by atoms with E-state index < -0.39 is 0 Å². The maximum Gasteiger partial charge on any atom is 0.234 e. The minimum atomic E-state index is -0.195. The van der Waals surface area contributed by atoms with Gasteiger partial charge in [-0.2, -0.15) is 5.10 Å². The molecule has 0 aromatic carbocycles. The maximum atomic E-state index is 10.9. The Hall–Kier alpha value is -1.80. The molecule has 0 fully saturated rings. The average molecular weight is 234 g/mol. The fourth-order valence-electron chi connectivity index (χ4n) is 1.41. The summed E-state index contributed by atoms with van der Waals surface area (Å²) < 4.78 is 1.76. The molecule has 1 amide bonds. The van der Waals surface area contributed by atoms with Crippen LogP contribution < -0.4 is 11.1 Å². The molecule has 0 aliphatic carbocycles. The second kappa shape index (κ2) is 6.71. The van der Waals surface area contributed by atoms with Crippen LogP contribution in [0.5, 0.6) is 0 Å². The van der Waals surface area contributed by atoms with Crippen molar-refractivity contribution >= 4 is 5.91 Å². The lowest BCUT2D eigenvalue weighted by Crippen LogP contribution is -2.30. The van der Waals surface area contributed by atoms with Crippen LogP contribution in [0.25, 0.3) is 0 Å². The van der Waals surface area contributed by atoms with Crippen molar-refractivity contribution in [3.8, 4) is 11.8 Å². The molecule has 0 radical (unpaired) electrons. The molecule has 17 heavy (non-hydrogen) atoms. The van der Waals surface area contributed by atoms with Gasteiger partial charge in [-0.05, 0) is 6.42 Å². The summed E-state index contributed by atoms with van der Waals surface area (Å²) in [6.07, 6.45) is 3.85. The van der Waals surface area contributed by atoms with E-state index in [2.05, 4.69) is 29.2 Å². The van der Waals surface area contributed by atoms with Gasteiger partial charge in [-0.3, -0.25) is 9.48 Å². The normalized spacial score (nSPS) is 9.59. The van der Waals surface area contributed by atoms with Crippen molar-refractivity contribution in [2.24, 2.45) is 12.8 Å². The van der Waals surface area contributed by atoms with Crippen LogP contribution in [0, 0.1) is 11.8 Å². The number of aryl methyl sites for hydroxylation is 2. The molecular formula is C12H18N4O. The highest BCUT2D eigenvalue weighted by atomic mass is 16.1. The van der Waals surface area contributed by atoms with Gasteiger partial charge in [0, 0.05) is 13.2 Å². The quantitative estimate of drug-likeness (QED) is 0.709. The topological polar surface area (TPSA) is 72.9 Å². The van der Waals surface area contributed by atoms with Gasteiger partial charge in [0.15, 0.2) is 0 Å². The molecule has 0 unspecified atom stereocenters. The average Bonchev–Trinajstić information content (AvgIpc) is 2.65. The van der Waals surface area contributed by atoms with Gasteiger partial charge in [-0.25, -0.2) is 0 Å². The van der Waals surface area contributed by atoms with Gasteiger partial charge in [-0.15, -0.1) is 0 Å². The monoisotopic (exact) mass is 234 g/mol. The molecule has 0 bridgehead atoms. The Morgan fingerprint density at radius 1 is 1.65 bits per heavy atom. The summed E-state index contributed by atoms with van der Waals surface area (Å²) in [6.45, 7) is 2.42. The van der Waals surface area contributed by atoms with E-state index in [1.54, 1.807) is 4.68 Å². The Kier molecular flexibility index (Phi) is 5.24. The highest BCUT2D eigenvalue weighted by molar-refractivity contribution is 5.77. The lowest BCUT2D eigenvalue weighted by Gasteiger charge is -1.95. The molecule has 0 saturated carbocycles. The van der Waals surface area contributed by atoms with Gasteiger partial charge < -0.3 is 11.1 Å². The summed E-state index contributed by atoms with van der Waals surface area (Å²) in [5.74, 6) is 5.70. The maximum absolute atomic E-state index is 10.9. The Morgan fingerprint density at radius 2 is 2.41 bits per heavy atom. The molecule has 1 rings (SSSR count). The Balaban J connectivity index is 2.61. The third-order valence-corrected chi connectivity index (χ3v) is 2.17. The highest BCUT2D eigenvalue weighted by Crippen LogP contribution is 2.06. The smallest absolute Gasteiger partial charge is 0.234 e. The molecule has 92 valence electrons. The number of nitrogens with zero attached hydrogens (tertiary/aromatic N) is 2. The second-order valence-electron chi connectivity index (χ2n) is 3.70. The van der Waals surface area contributed by atoms with Crippen molar-refractivity contribution in [1.82, 2.24) is 15.1 Å². The van der Waals surface area contributed by atoms with Gasteiger partial charge in [0.1, 0.15) is 0 Å². The van der Waals surface area contributed by atoms with Crippen LogP contribution in [-0.2, 0) is 18.3 Å². The first-order valence-corrected chi connectivity index (χ1v) is 5.65. The molecule has 1 aromatic rings. The third kappa shape index (κ3) is 4.29. The second-order valence-corrected chi connectivity index (χ2v) is 3.70. The summed E-state index contributed by atoms with van der Waals surface area (Å²) in [7, 11) is 1.88. The van der Waals surface area contributed by atoms with Gasteiger partial charge in [-0.1, -0.05) is 25.2 Å². The van der Waals surface area contributed by atoms with Crippen molar-refractivity contribution in [2.75, 3.05) is 13.1 Å². The van der Waals surface area contributed by atoms with Crippen LogP contribution in [0.2, 0.25) is 0 Å². The van der Waals surface area contributed by atoms with Crippen molar-refractivity contribution < 1.29 is 4.79 Å². The van der Waals surface area contributed by atoms with Gasteiger partial charge >= 0.3 is 0 Å². The van der Waals surface area contributed by atoms with Crippen molar-refractivity contribution in [3.63, 3.8) is 0 Å². The predicted octanol–water partition coefficient (Wildman–Crippen LogP) is -0.201. The lowest BCUT2D eigenvalue weighted by atomic mass is 10.2. The summed E-state index contributed by atoms with van der Waals surface area (Å²) in [5, 5.41) is 6.93. The van der Waals surface area contributed by atoms with E-state index in [1.165, 1.54) is 0 Å². The van der Waals surface area contributed by atoms with Crippen LogP contribution >= 0.6 is 0 Å². The molecule has 0 aliphatic rings. The van der Waals surface area contributed by atoms with Gasteiger partial charge in [0.25, 0.3) is 0 Å². The number of aromatic nitrogens is 2. The summed E-state index contributed by atoms with van der Waals surface area (Å²) in [5.41, 5.74) is 7.09. The largest absolute Gasteiger partial charge is 0.344 e. The molecule has 0 aliphatic heterocycles. The van der Waals surface area contributed by atoms with Crippen LogP contribution in [0.4, 0.5) is 0 Å². The fraction of sp³-hybridized carbons (Fsp3) is 0.500. The molecule has 1 aromatic heterocycles. The SMILES string of the molecule is CCCc1nn(C)cc1C#CCNC(=O)CN. The van der Waals surface area contributed by atoms with Gasteiger partial charge in [0.2, 0.25) is 5.91 Å². The van der Waals surface area contributed by atoms with Crippen molar-refractivity contribution in [2.45, 2.75) is 19.8 Å². The fourth-order valence-corrected chi connectivity index (χ4v) is 1.41. The first kappa shape index (κ1) is 13.3. The first-order chi connectivity index (χ1) is 8.17. The number of nitrogens with two attached hydrogens (primary N) is 1. The summed E-state index contributed by atoms with van der Waals surface area (Å²) in [6, 6.07) is 0. The minimum absolute atomic E-state index is 0.00431. The molecule has 0 spiro atoms. The van der Waals surface area contributed by atoms with E-state index in [9.17, 15) is 4.79 Å². The molecule has 0 saturated heterocycles. The van der Waals surface area contributed by atoms with E-state index >= 15 is 0 Å². The molecule has 5 nitrogen and oxygen atoms in total. The number of hydrogen-bond acceptors (Lipinski definition) is 3. The zero-order chi connectivity index (χ0) is 12.7. The number of carbonyl (C=O) groups is 1. The number of nitrogens with one attached hydrogen (secondary N) is 1. The Morgan fingerprint density at radius 3 is 3.06 bits per heavy atom. The number of carbonyl (C=O) groups excluding carboxylic acids is 1. The molecule has 3 N–H and O–H groups in total. The number of amides is 1. The van der Waals surface area contributed by atoms with E-state index in [-0.39, 0.29) is 12.5 Å². The number of rotatable bonds is 4. The Labute approximate surface area is 101 Å². The zero-order valence-electron chi connectivity index (χ0n) is 10.3. The third-order valence-electron chi connectivity index (χ3n) is 2.17. The molecular weight excluding hydrogens is 216 g/mol. The molecule has 0 atom stereocenters. The summed E-state index contributed by atoms with van der Waals surface area (Å²) in [4.78, 5) is 10.9. The van der Waals surface area contributed by atoms with E-state index in [0.29, 0.717) is 6.54 Å². The summed E-state index contributed by atoms with van der Waals surface area (Å²) >= 11 is 0. The van der Waals surface area contributed by atoms with Crippen LogP contribution in [0.15, 0.2) is 6.20 Å². The first-order valence-electron chi connectivity index (χ1n) is 5.65. The zero-order valence-corrected chi connectivity index (χ0v) is 10.3. The van der Waals surface area contributed by atoms with Crippen molar-refractivity contribution in [1.29, 1.82) is 0 Å². The molecule has 5 heteroatoms. The number of hydrogen-bond donors (Lipinski definition) is 2. The standard InChI is InChI=1S/C12H18N4O/c1-3-5-11-10(9-16(2)15-11)6-4-7-14-12(17)8-13/h9H,3,5,7-8,13H2,1-2H3,(H,14,17). The lowest BCUT2D eigenvalue weighted by molar-refractivity contribution is -0.119. The Bertz CT molecular complexity index is 439. The highest BCUT2D eigenvalue weighted by Gasteiger charge is 2.03. The van der Waals surface area contributed by atoms with Crippen LogP contribution in [-0.4, -0.2) is 28.8 Å².